The Morgan fingerprint density at radius 2 is 1.80 bits per heavy atom. The van der Waals surface area contributed by atoms with Crippen molar-refractivity contribution in [2.45, 2.75) is 32.2 Å². The molecule has 4 rings (SSSR count). The van der Waals surface area contributed by atoms with Gasteiger partial charge in [0.25, 0.3) is 5.19 Å². The minimum absolute atomic E-state index is 0.266. The van der Waals surface area contributed by atoms with Crippen molar-refractivity contribution in [3.8, 4) is 22.4 Å². The summed E-state index contributed by atoms with van der Waals surface area (Å²) in [5.41, 5.74) is 1.79. The fourth-order valence-corrected chi connectivity index (χ4v) is 4.25. The summed E-state index contributed by atoms with van der Waals surface area (Å²) in [5.74, 6) is 2.29. The molecule has 30 heavy (non-hydrogen) atoms. The lowest BCUT2D eigenvalue weighted by molar-refractivity contribution is -0.0445. The van der Waals surface area contributed by atoms with Crippen molar-refractivity contribution in [3.05, 3.63) is 65.2 Å². The molecule has 7 heteroatoms. The van der Waals surface area contributed by atoms with Crippen LogP contribution in [0.4, 0.5) is 0 Å². The Labute approximate surface area is 181 Å². The second-order valence-electron chi connectivity index (χ2n) is 7.76. The Kier molecular flexibility index (Phi) is 5.94. The summed E-state index contributed by atoms with van der Waals surface area (Å²) >= 11 is 1.47. The number of thiazole rings is 1. The average Bonchev–Trinajstić information content (AvgIpc) is 3.35. The van der Waals surface area contributed by atoms with E-state index < -0.39 is 0 Å². The van der Waals surface area contributed by atoms with E-state index in [-0.39, 0.29) is 11.8 Å². The number of aromatic nitrogens is 1. The monoisotopic (exact) mass is 426 g/mol. The van der Waals surface area contributed by atoms with Crippen LogP contribution < -0.4 is 14.2 Å². The molecular weight excluding hydrogens is 400 g/mol. The standard InChI is InChI=1S/C23H26N2O4S/c1-23(2)15-25(21(29-23)20-18(26-3)6-5-7-19(20)27-4)14-16-8-10-17(11-9-16)28-22-24-12-13-30-22/h5-13,21H,14-15H2,1-4H3. The minimum Gasteiger partial charge on any atom is -0.496 e. The van der Waals surface area contributed by atoms with Gasteiger partial charge in [0.15, 0.2) is 0 Å². The highest BCUT2D eigenvalue weighted by molar-refractivity contribution is 7.11. The molecule has 1 aromatic heterocycles. The number of hydrogen-bond acceptors (Lipinski definition) is 7. The first-order valence-corrected chi connectivity index (χ1v) is 10.7. The van der Waals surface area contributed by atoms with Gasteiger partial charge in [-0.25, -0.2) is 4.98 Å². The summed E-state index contributed by atoms with van der Waals surface area (Å²) in [7, 11) is 3.34. The Morgan fingerprint density at radius 1 is 1.10 bits per heavy atom. The van der Waals surface area contributed by atoms with E-state index in [0.717, 1.165) is 35.9 Å². The Balaban J connectivity index is 1.57. The molecule has 1 saturated heterocycles. The summed E-state index contributed by atoms with van der Waals surface area (Å²) < 4.78 is 23.4. The van der Waals surface area contributed by atoms with Crippen molar-refractivity contribution < 1.29 is 18.9 Å². The molecule has 0 spiro atoms. The zero-order chi connectivity index (χ0) is 21.1. The van der Waals surface area contributed by atoms with Gasteiger partial charge in [0.05, 0.1) is 25.4 Å². The number of benzene rings is 2. The summed E-state index contributed by atoms with van der Waals surface area (Å²) in [6.45, 7) is 5.72. The van der Waals surface area contributed by atoms with Gasteiger partial charge in [-0.1, -0.05) is 29.5 Å². The summed E-state index contributed by atoms with van der Waals surface area (Å²) in [6.07, 6.45) is 1.47. The van der Waals surface area contributed by atoms with Gasteiger partial charge in [-0.3, -0.25) is 4.90 Å². The fraction of sp³-hybridized carbons (Fsp3) is 0.348. The van der Waals surface area contributed by atoms with E-state index >= 15 is 0 Å². The number of hydrogen-bond donors (Lipinski definition) is 0. The van der Waals surface area contributed by atoms with Crippen LogP contribution in [-0.4, -0.2) is 36.2 Å². The maximum absolute atomic E-state index is 6.43. The van der Waals surface area contributed by atoms with E-state index in [4.69, 9.17) is 18.9 Å². The zero-order valence-electron chi connectivity index (χ0n) is 17.6. The summed E-state index contributed by atoms with van der Waals surface area (Å²) in [5, 5.41) is 2.53. The molecule has 2 aromatic carbocycles. The maximum atomic E-state index is 6.43. The second-order valence-corrected chi connectivity index (χ2v) is 8.61. The third kappa shape index (κ3) is 4.43. The number of ether oxygens (including phenoxy) is 4. The molecule has 1 atom stereocenters. The minimum atomic E-state index is -0.287. The quantitative estimate of drug-likeness (QED) is 0.514. The highest BCUT2D eigenvalue weighted by atomic mass is 32.1. The van der Waals surface area contributed by atoms with Crippen LogP contribution >= 0.6 is 11.3 Å². The molecule has 0 aliphatic carbocycles. The predicted octanol–water partition coefficient (Wildman–Crippen LogP) is 5.26. The lowest BCUT2D eigenvalue weighted by atomic mass is 10.1. The van der Waals surface area contributed by atoms with Crippen LogP contribution in [0.3, 0.4) is 0 Å². The first kappa shape index (κ1) is 20.7. The SMILES string of the molecule is COc1cccc(OC)c1C1OC(C)(C)CN1Cc1ccc(Oc2nccs2)cc1. The van der Waals surface area contributed by atoms with Gasteiger partial charge >= 0.3 is 0 Å². The third-order valence-corrected chi connectivity index (χ3v) is 5.63. The van der Waals surface area contributed by atoms with Crippen LogP contribution in [0.1, 0.15) is 31.2 Å². The van der Waals surface area contributed by atoms with Gasteiger partial charge in [-0.2, -0.15) is 0 Å². The van der Waals surface area contributed by atoms with E-state index in [2.05, 4.69) is 35.9 Å². The predicted molar refractivity (Wildman–Crippen MR) is 116 cm³/mol. The van der Waals surface area contributed by atoms with Crippen molar-refractivity contribution in [2.75, 3.05) is 20.8 Å². The molecule has 0 N–H and O–H groups in total. The highest BCUT2D eigenvalue weighted by Crippen LogP contribution is 2.44. The molecule has 0 bridgehead atoms. The van der Waals surface area contributed by atoms with Crippen LogP contribution in [0.5, 0.6) is 22.4 Å². The fourth-order valence-electron chi connectivity index (χ4n) is 3.75. The van der Waals surface area contributed by atoms with E-state index in [1.54, 1.807) is 20.4 Å². The van der Waals surface area contributed by atoms with Gasteiger partial charge < -0.3 is 18.9 Å². The number of nitrogens with zero attached hydrogens (tertiary/aromatic N) is 2. The van der Waals surface area contributed by atoms with Crippen LogP contribution in [0, 0.1) is 0 Å². The van der Waals surface area contributed by atoms with Gasteiger partial charge in [0, 0.05) is 24.7 Å². The molecule has 158 valence electrons. The molecule has 1 aliphatic rings. The molecule has 2 heterocycles. The molecule has 0 saturated carbocycles. The zero-order valence-corrected chi connectivity index (χ0v) is 18.4. The maximum Gasteiger partial charge on any atom is 0.278 e. The molecule has 3 aromatic rings. The van der Waals surface area contributed by atoms with Gasteiger partial charge in [-0.15, -0.1) is 0 Å². The lowest BCUT2D eigenvalue weighted by Crippen LogP contribution is -2.28. The molecule has 6 nitrogen and oxygen atoms in total. The Hall–Kier alpha value is -2.61. The smallest absolute Gasteiger partial charge is 0.278 e. The first-order chi connectivity index (χ1) is 14.5. The third-order valence-electron chi connectivity index (χ3n) is 4.98. The van der Waals surface area contributed by atoms with Gasteiger partial charge in [0.1, 0.15) is 23.5 Å². The van der Waals surface area contributed by atoms with Crippen molar-refractivity contribution in [1.29, 1.82) is 0 Å². The molecule has 1 fully saturated rings. The lowest BCUT2D eigenvalue weighted by Gasteiger charge is -2.26. The van der Waals surface area contributed by atoms with Gasteiger partial charge in [0.2, 0.25) is 0 Å². The normalized spacial score (nSPS) is 18.3. The summed E-state index contributed by atoms with van der Waals surface area (Å²) in [4.78, 5) is 6.46. The number of rotatable bonds is 7. The molecule has 0 amide bonds. The molecular formula is C23H26N2O4S. The van der Waals surface area contributed by atoms with Crippen molar-refractivity contribution >= 4 is 11.3 Å². The summed E-state index contributed by atoms with van der Waals surface area (Å²) in [6, 6.07) is 13.9. The van der Waals surface area contributed by atoms with E-state index in [0.29, 0.717) is 5.19 Å². The van der Waals surface area contributed by atoms with Crippen LogP contribution in [0.15, 0.2) is 54.0 Å². The Morgan fingerprint density at radius 3 is 2.40 bits per heavy atom. The van der Waals surface area contributed by atoms with E-state index in [9.17, 15) is 0 Å². The number of methoxy groups -OCH3 is 2. The van der Waals surface area contributed by atoms with Crippen LogP contribution in [0.25, 0.3) is 0 Å². The molecule has 0 radical (unpaired) electrons. The molecule has 1 aliphatic heterocycles. The molecule has 1 unspecified atom stereocenters. The van der Waals surface area contributed by atoms with Crippen molar-refractivity contribution in [2.24, 2.45) is 0 Å². The van der Waals surface area contributed by atoms with Crippen LogP contribution in [0.2, 0.25) is 0 Å². The van der Waals surface area contributed by atoms with Crippen molar-refractivity contribution in [3.63, 3.8) is 0 Å². The van der Waals surface area contributed by atoms with E-state index in [1.807, 2.05) is 35.7 Å². The largest absolute Gasteiger partial charge is 0.496 e. The topological polar surface area (TPSA) is 53.0 Å². The highest BCUT2D eigenvalue weighted by Gasteiger charge is 2.41. The average molecular weight is 427 g/mol. The van der Waals surface area contributed by atoms with Crippen LogP contribution in [-0.2, 0) is 11.3 Å². The second kappa shape index (κ2) is 8.63. The van der Waals surface area contributed by atoms with Gasteiger partial charge in [-0.05, 0) is 43.7 Å². The first-order valence-electron chi connectivity index (χ1n) is 9.78. The van der Waals surface area contributed by atoms with Crippen molar-refractivity contribution in [1.82, 2.24) is 9.88 Å². The van der Waals surface area contributed by atoms with E-state index in [1.165, 1.54) is 16.9 Å². The Bertz CT molecular complexity index is 951.